The van der Waals surface area contributed by atoms with Crippen LogP contribution < -0.4 is 10.6 Å². The van der Waals surface area contributed by atoms with Gasteiger partial charge in [-0.05, 0) is 31.0 Å². The monoisotopic (exact) mass is 272 g/mol. The Morgan fingerprint density at radius 1 is 1.44 bits per heavy atom. The second kappa shape index (κ2) is 7.34. The Balaban J connectivity index is 0.00000162. The lowest BCUT2D eigenvalue weighted by molar-refractivity contribution is -0.124. The van der Waals surface area contributed by atoms with Crippen LogP contribution in [0.1, 0.15) is 12.0 Å². The first-order valence-corrected chi connectivity index (χ1v) is 5.99. The molecule has 2 rings (SSSR count). The maximum Gasteiger partial charge on any atom is 0.224 e. The first-order chi connectivity index (χ1) is 8.27. The lowest BCUT2D eigenvalue weighted by Gasteiger charge is -2.09. The molecule has 1 aromatic carbocycles. The number of halogens is 2. The highest BCUT2D eigenvalue weighted by Gasteiger charge is 2.21. The predicted octanol–water partition coefficient (Wildman–Crippen LogP) is 1.52. The summed E-state index contributed by atoms with van der Waals surface area (Å²) in [5.74, 6) is -0.0498. The highest BCUT2D eigenvalue weighted by Crippen LogP contribution is 2.08. The third-order valence-electron chi connectivity index (χ3n) is 3.08. The Hall–Kier alpha value is -1.13. The minimum absolute atomic E-state index is 0. The molecule has 18 heavy (non-hydrogen) atoms. The maximum absolute atomic E-state index is 13.3. The third kappa shape index (κ3) is 3.96. The smallest absolute Gasteiger partial charge is 0.224 e. The van der Waals surface area contributed by atoms with E-state index in [2.05, 4.69) is 10.6 Å². The van der Waals surface area contributed by atoms with Gasteiger partial charge in [0.05, 0.1) is 5.92 Å². The molecule has 0 aliphatic carbocycles. The molecule has 0 aromatic heterocycles. The summed E-state index contributed by atoms with van der Waals surface area (Å²) in [5, 5.41) is 6.00. The van der Waals surface area contributed by atoms with Crippen molar-refractivity contribution in [2.45, 2.75) is 12.8 Å². The normalized spacial score (nSPS) is 18.2. The summed E-state index contributed by atoms with van der Waals surface area (Å²) in [4.78, 5) is 11.7. The fraction of sp³-hybridized carbons (Fsp3) is 0.462. The van der Waals surface area contributed by atoms with E-state index in [4.69, 9.17) is 0 Å². The van der Waals surface area contributed by atoms with Gasteiger partial charge in [0.25, 0.3) is 0 Å². The fourth-order valence-electron chi connectivity index (χ4n) is 2.04. The van der Waals surface area contributed by atoms with Crippen molar-refractivity contribution in [2.24, 2.45) is 5.92 Å². The summed E-state index contributed by atoms with van der Waals surface area (Å²) >= 11 is 0. The van der Waals surface area contributed by atoms with E-state index >= 15 is 0 Å². The van der Waals surface area contributed by atoms with Gasteiger partial charge in [-0.25, -0.2) is 4.39 Å². The SMILES string of the molecule is Cl.O=C(NCCc1ccccc1F)C1CCNC1. The number of carbonyl (C=O) groups is 1. The third-order valence-corrected chi connectivity index (χ3v) is 3.08. The van der Waals surface area contributed by atoms with Crippen LogP contribution in [0.4, 0.5) is 4.39 Å². The molecule has 0 radical (unpaired) electrons. The number of benzene rings is 1. The van der Waals surface area contributed by atoms with Gasteiger partial charge in [0.2, 0.25) is 5.91 Å². The fourth-order valence-corrected chi connectivity index (χ4v) is 2.04. The van der Waals surface area contributed by atoms with Gasteiger partial charge in [-0.1, -0.05) is 18.2 Å². The molecule has 1 aromatic rings. The van der Waals surface area contributed by atoms with Crippen LogP contribution in [-0.2, 0) is 11.2 Å². The van der Waals surface area contributed by atoms with Gasteiger partial charge in [0.15, 0.2) is 0 Å². The van der Waals surface area contributed by atoms with Crippen molar-refractivity contribution in [3.63, 3.8) is 0 Å². The van der Waals surface area contributed by atoms with E-state index in [9.17, 15) is 9.18 Å². The highest BCUT2D eigenvalue weighted by molar-refractivity contribution is 5.85. The minimum atomic E-state index is -0.204. The Labute approximate surface area is 113 Å². The summed E-state index contributed by atoms with van der Waals surface area (Å²) in [6.45, 7) is 2.16. The van der Waals surface area contributed by atoms with Gasteiger partial charge in [-0.15, -0.1) is 12.4 Å². The van der Waals surface area contributed by atoms with Gasteiger partial charge in [-0.2, -0.15) is 0 Å². The number of hydrogen-bond donors (Lipinski definition) is 2. The highest BCUT2D eigenvalue weighted by atomic mass is 35.5. The maximum atomic E-state index is 13.3. The van der Waals surface area contributed by atoms with Gasteiger partial charge < -0.3 is 10.6 Å². The predicted molar refractivity (Wildman–Crippen MR) is 71.3 cm³/mol. The molecule has 5 heteroatoms. The van der Waals surface area contributed by atoms with Crippen LogP contribution in [0, 0.1) is 11.7 Å². The lowest BCUT2D eigenvalue weighted by Crippen LogP contribution is -2.33. The summed E-state index contributed by atoms with van der Waals surface area (Å²) in [6, 6.07) is 6.67. The van der Waals surface area contributed by atoms with E-state index in [-0.39, 0.29) is 30.0 Å². The quantitative estimate of drug-likeness (QED) is 0.873. The average molecular weight is 273 g/mol. The van der Waals surface area contributed by atoms with Crippen molar-refractivity contribution < 1.29 is 9.18 Å². The molecule has 1 saturated heterocycles. The molecule has 1 unspecified atom stereocenters. The molecule has 3 nitrogen and oxygen atoms in total. The molecule has 0 saturated carbocycles. The number of rotatable bonds is 4. The molecule has 0 spiro atoms. The molecule has 1 heterocycles. The molecular formula is C13H18ClFN2O. The van der Waals surface area contributed by atoms with E-state index in [1.54, 1.807) is 18.2 Å². The number of hydrogen-bond acceptors (Lipinski definition) is 2. The van der Waals surface area contributed by atoms with Crippen LogP contribution in [-0.4, -0.2) is 25.5 Å². The van der Waals surface area contributed by atoms with E-state index in [1.165, 1.54) is 6.07 Å². The van der Waals surface area contributed by atoms with E-state index in [1.807, 2.05) is 0 Å². The standard InChI is InChI=1S/C13H17FN2O.ClH/c14-12-4-2-1-3-10(12)6-8-16-13(17)11-5-7-15-9-11;/h1-4,11,15H,5-9H2,(H,16,17);1H. The van der Waals surface area contributed by atoms with Crippen molar-refractivity contribution in [3.05, 3.63) is 35.6 Å². The molecule has 2 N–H and O–H groups in total. The minimum Gasteiger partial charge on any atom is -0.355 e. The van der Waals surface area contributed by atoms with Crippen LogP contribution in [0.25, 0.3) is 0 Å². The number of amides is 1. The van der Waals surface area contributed by atoms with Gasteiger partial charge in [0, 0.05) is 13.1 Å². The zero-order chi connectivity index (χ0) is 12.1. The lowest BCUT2D eigenvalue weighted by atomic mass is 10.1. The Morgan fingerprint density at radius 3 is 2.89 bits per heavy atom. The van der Waals surface area contributed by atoms with Crippen molar-refractivity contribution in [3.8, 4) is 0 Å². The van der Waals surface area contributed by atoms with Crippen molar-refractivity contribution in [1.29, 1.82) is 0 Å². The van der Waals surface area contributed by atoms with Crippen molar-refractivity contribution in [2.75, 3.05) is 19.6 Å². The average Bonchev–Trinajstić information content (AvgIpc) is 2.85. The topological polar surface area (TPSA) is 41.1 Å². The Kier molecular flexibility index (Phi) is 6.09. The largest absolute Gasteiger partial charge is 0.355 e. The van der Waals surface area contributed by atoms with Gasteiger partial charge in [-0.3, -0.25) is 4.79 Å². The number of carbonyl (C=O) groups excluding carboxylic acids is 1. The molecule has 1 aliphatic rings. The van der Waals surface area contributed by atoms with Crippen LogP contribution in [0.3, 0.4) is 0 Å². The second-order valence-corrected chi connectivity index (χ2v) is 4.32. The van der Waals surface area contributed by atoms with Crippen LogP contribution in [0.2, 0.25) is 0 Å². The molecule has 100 valence electrons. The van der Waals surface area contributed by atoms with E-state index in [0.717, 1.165) is 19.5 Å². The van der Waals surface area contributed by atoms with Crippen molar-refractivity contribution in [1.82, 2.24) is 10.6 Å². The summed E-state index contributed by atoms with van der Waals surface area (Å²) < 4.78 is 13.3. The molecule has 1 fully saturated rings. The molecule has 1 aliphatic heterocycles. The van der Waals surface area contributed by atoms with Crippen LogP contribution in [0.5, 0.6) is 0 Å². The van der Waals surface area contributed by atoms with E-state index < -0.39 is 0 Å². The van der Waals surface area contributed by atoms with Crippen molar-refractivity contribution >= 4 is 18.3 Å². The first-order valence-electron chi connectivity index (χ1n) is 5.99. The summed E-state index contributed by atoms with van der Waals surface area (Å²) in [7, 11) is 0. The summed E-state index contributed by atoms with van der Waals surface area (Å²) in [5.41, 5.74) is 0.650. The van der Waals surface area contributed by atoms with Crippen LogP contribution in [0.15, 0.2) is 24.3 Å². The first kappa shape index (κ1) is 14.9. The van der Waals surface area contributed by atoms with E-state index in [0.29, 0.717) is 18.5 Å². The zero-order valence-corrected chi connectivity index (χ0v) is 10.9. The zero-order valence-electron chi connectivity index (χ0n) is 10.1. The Morgan fingerprint density at radius 2 is 2.22 bits per heavy atom. The van der Waals surface area contributed by atoms with Crippen LogP contribution >= 0.6 is 12.4 Å². The second-order valence-electron chi connectivity index (χ2n) is 4.32. The Bertz CT molecular complexity index is 394. The van der Waals surface area contributed by atoms with Gasteiger partial charge >= 0.3 is 0 Å². The molecular weight excluding hydrogens is 255 g/mol. The summed E-state index contributed by atoms with van der Waals surface area (Å²) in [6.07, 6.45) is 1.43. The molecule has 1 amide bonds. The number of nitrogens with one attached hydrogen (secondary N) is 2. The molecule has 0 bridgehead atoms. The van der Waals surface area contributed by atoms with Gasteiger partial charge in [0.1, 0.15) is 5.82 Å². The molecule has 1 atom stereocenters.